The third kappa shape index (κ3) is 3.92. The standard InChI is InChI=1S/C14H14N2O4S2/c1-2-20-13(18)7-12-16(8-11(15)17)14(19)10(22-12)6-9-4-3-5-21-9/h3-7H,2,8H2,1H3,(H2,15,17). The van der Waals surface area contributed by atoms with Crippen molar-refractivity contribution in [3.8, 4) is 0 Å². The van der Waals surface area contributed by atoms with Crippen molar-refractivity contribution in [1.29, 1.82) is 0 Å². The summed E-state index contributed by atoms with van der Waals surface area (Å²) in [4.78, 5) is 36.0. The molecule has 0 unspecified atom stereocenters. The first-order valence-electron chi connectivity index (χ1n) is 6.43. The molecule has 2 aromatic rings. The first-order chi connectivity index (χ1) is 10.5. The van der Waals surface area contributed by atoms with Crippen molar-refractivity contribution >= 4 is 46.7 Å². The van der Waals surface area contributed by atoms with Crippen LogP contribution >= 0.6 is 22.7 Å². The number of amides is 1. The smallest absolute Gasteiger partial charge is 0.333 e. The third-order valence-corrected chi connectivity index (χ3v) is 4.47. The van der Waals surface area contributed by atoms with Gasteiger partial charge >= 0.3 is 5.97 Å². The Bertz CT molecular complexity index is 847. The molecule has 0 atom stereocenters. The monoisotopic (exact) mass is 338 g/mol. The van der Waals surface area contributed by atoms with Gasteiger partial charge in [-0.05, 0) is 24.4 Å². The molecule has 1 amide bonds. The summed E-state index contributed by atoms with van der Waals surface area (Å²) < 4.78 is 6.79. The highest BCUT2D eigenvalue weighted by Gasteiger charge is 2.09. The molecule has 0 saturated heterocycles. The van der Waals surface area contributed by atoms with Crippen molar-refractivity contribution in [2.45, 2.75) is 13.5 Å². The fourth-order valence-electron chi connectivity index (χ4n) is 1.74. The molecule has 0 fully saturated rings. The quantitative estimate of drug-likeness (QED) is 0.753. The summed E-state index contributed by atoms with van der Waals surface area (Å²) in [5, 5.41) is 1.90. The Morgan fingerprint density at radius 3 is 2.82 bits per heavy atom. The molecule has 2 heterocycles. The van der Waals surface area contributed by atoms with Crippen LogP contribution in [-0.2, 0) is 20.9 Å². The van der Waals surface area contributed by atoms with E-state index in [0.29, 0.717) is 9.20 Å². The molecule has 8 heteroatoms. The highest BCUT2D eigenvalue weighted by atomic mass is 32.1. The Balaban J connectivity index is 2.60. The molecule has 2 N–H and O–H groups in total. The third-order valence-electron chi connectivity index (χ3n) is 2.59. The summed E-state index contributed by atoms with van der Waals surface area (Å²) in [6.07, 6.45) is 2.92. The molecule has 22 heavy (non-hydrogen) atoms. The second-order valence-electron chi connectivity index (χ2n) is 4.22. The minimum absolute atomic E-state index is 0.231. The predicted octanol–water partition coefficient (Wildman–Crippen LogP) is -0.371. The molecule has 0 radical (unpaired) electrons. The van der Waals surface area contributed by atoms with E-state index in [0.717, 1.165) is 16.2 Å². The number of thiazole rings is 1. The van der Waals surface area contributed by atoms with Gasteiger partial charge in [0.25, 0.3) is 5.56 Å². The molecule has 0 saturated carbocycles. The Morgan fingerprint density at radius 1 is 1.45 bits per heavy atom. The van der Waals surface area contributed by atoms with Gasteiger partial charge in [-0.25, -0.2) is 4.79 Å². The van der Waals surface area contributed by atoms with Gasteiger partial charge in [0.1, 0.15) is 11.2 Å². The van der Waals surface area contributed by atoms with E-state index in [1.54, 1.807) is 13.0 Å². The van der Waals surface area contributed by atoms with E-state index >= 15 is 0 Å². The highest BCUT2D eigenvalue weighted by molar-refractivity contribution is 7.11. The number of hydrogen-bond donors (Lipinski definition) is 1. The lowest BCUT2D eigenvalue weighted by molar-refractivity contribution is -0.135. The summed E-state index contributed by atoms with van der Waals surface area (Å²) in [7, 11) is 0. The van der Waals surface area contributed by atoms with Crippen LogP contribution < -0.4 is 20.5 Å². The van der Waals surface area contributed by atoms with Crippen molar-refractivity contribution in [3.63, 3.8) is 0 Å². The Morgan fingerprint density at radius 2 is 2.23 bits per heavy atom. The molecule has 0 aliphatic rings. The minimum atomic E-state index is -0.652. The molecular weight excluding hydrogens is 324 g/mol. The molecule has 0 spiro atoms. The van der Waals surface area contributed by atoms with Gasteiger partial charge in [0.05, 0.1) is 17.2 Å². The number of ether oxygens (including phenoxy) is 1. The van der Waals surface area contributed by atoms with Crippen LogP contribution in [0.15, 0.2) is 22.3 Å². The van der Waals surface area contributed by atoms with Gasteiger partial charge in [0.2, 0.25) is 5.91 Å². The lowest BCUT2D eigenvalue weighted by atomic mass is 10.4. The van der Waals surface area contributed by atoms with Crippen LogP contribution in [0.4, 0.5) is 0 Å². The van der Waals surface area contributed by atoms with E-state index in [-0.39, 0.29) is 18.7 Å². The summed E-state index contributed by atoms with van der Waals surface area (Å²) in [5.41, 5.74) is 4.81. The number of hydrogen-bond acceptors (Lipinski definition) is 6. The number of esters is 1. The van der Waals surface area contributed by atoms with Gasteiger partial charge in [-0.3, -0.25) is 14.2 Å². The minimum Gasteiger partial charge on any atom is -0.463 e. The molecule has 0 aromatic carbocycles. The van der Waals surface area contributed by atoms with E-state index in [2.05, 4.69) is 0 Å². The number of carbonyl (C=O) groups excluding carboxylic acids is 2. The second kappa shape index (κ2) is 7.19. The van der Waals surface area contributed by atoms with Crippen molar-refractivity contribution in [3.05, 3.63) is 41.9 Å². The molecule has 0 bridgehead atoms. The number of aromatic nitrogens is 1. The fourth-order valence-corrected chi connectivity index (χ4v) is 3.49. The SMILES string of the molecule is CCOC(=O)C=c1sc(=Cc2cccs2)c(=O)n1CC(N)=O. The molecule has 2 aromatic heterocycles. The van der Waals surface area contributed by atoms with Crippen LogP contribution in [-0.4, -0.2) is 23.1 Å². The maximum Gasteiger partial charge on any atom is 0.333 e. The van der Waals surface area contributed by atoms with E-state index < -0.39 is 11.9 Å². The number of carbonyl (C=O) groups is 2. The fraction of sp³-hybridized carbons (Fsp3) is 0.214. The Hall–Kier alpha value is -2.19. The molecule has 0 aliphatic carbocycles. The normalized spacial score (nSPS) is 12.6. The average molecular weight is 338 g/mol. The largest absolute Gasteiger partial charge is 0.463 e. The average Bonchev–Trinajstić information content (AvgIpc) is 3.03. The Kier molecular flexibility index (Phi) is 5.29. The van der Waals surface area contributed by atoms with Gasteiger partial charge < -0.3 is 10.5 Å². The number of rotatable bonds is 5. The van der Waals surface area contributed by atoms with E-state index in [9.17, 15) is 14.4 Å². The highest BCUT2D eigenvalue weighted by Crippen LogP contribution is 2.08. The molecule has 6 nitrogen and oxygen atoms in total. The maximum absolute atomic E-state index is 12.4. The summed E-state index contributed by atoms with van der Waals surface area (Å²) >= 11 is 2.60. The van der Waals surface area contributed by atoms with E-state index in [4.69, 9.17) is 10.5 Å². The van der Waals surface area contributed by atoms with Crippen LogP contribution in [0, 0.1) is 0 Å². The van der Waals surface area contributed by atoms with Crippen molar-refractivity contribution in [2.24, 2.45) is 5.73 Å². The zero-order valence-corrected chi connectivity index (χ0v) is 13.4. The first kappa shape index (κ1) is 16.2. The molecule has 0 aliphatic heterocycles. The van der Waals surface area contributed by atoms with Crippen molar-refractivity contribution < 1.29 is 14.3 Å². The Labute approximate surface area is 133 Å². The maximum atomic E-state index is 12.4. The second-order valence-corrected chi connectivity index (χ2v) is 6.26. The van der Waals surface area contributed by atoms with Gasteiger partial charge in [0, 0.05) is 4.88 Å². The summed E-state index contributed by atoms with van der Waals surface area (Å²) in [6, 6.07) is 3.74. The van der Waals surface area contributed by atoms with Gasteiger partial charge in [-0.15, -0.1) is 22.7 Å². The van der Waals surface area contributed by atoms with Crippen LogP contribution in [0.5, 0.6) is 0 Å². The van der Waals surface area contributed by atoms with Crippen LogP contribution in [0.2, 0.25) is 0 Å². The zero-order valence-electron chi connectivity index (χ0n) is 11.8. The summed E-state index contributed by atoms with van der Waals surface area (Å²) in [5.74, 6) is -1.22. The number of thiophene rings is 1. The van der Waals surface area contributed by atoms with Gasteiger partial charge in [-0.1, -0.05) is 6.07 Å². The zero-order chi connectivity index (χ0) is 16.1. The van der Waals surface area contributed by atoms with Crippen LogP contribution in [0.3, 0.4) is 0 Å². The first-order valence-corrected chi connectivity index (χ1v) is 8.12. The topological polar surface area (TPSA) is 91.4 Å². The molecular formula is C14H14N2O4S2. The van der Waals surface area contributed by atoms with Crippen LogP contribution in [0.25, 0.3) is 12.2 Å². The van der Waals surface area contributed by atoms with Crippen molar-refractivity contribution in [1.82, 2.24) is 4.57 Å². The summed E-state index contributed by atoms with van der Waals surface area (Å²) in [6.45, 7) is 1.64. The molecule has 2 rings (SSSR count). The lowest BCUT2D eigenvalue weighted by Gasteiger charge is -1.98. The van der Waals surface area contributed by atoms with E-state index in [1.165, 1.54) is 22.0 Å². The van der Waals surface area contributed by atoms with Gasteiger partial charge in [-0.2, -0.15) is 0 Å². The van der Waals surface area contributed by atoms with Crippen LogP contribution in [0.1, 0.15) is 11.8 Å². The number of nitrogens with two attached hydrogens (primary N) is 1. The van der Waals surface area contributed by atoms with Crippen molar-refractivity contribution in [2.75, 3.05) is 6.61 Å². The number of primary amides is 1. The van der Waals surface area contributed by atoms with Gasteiger partial charge in [0.15, 0.2) is 0 Å². The predicted molar refractivity (Wildman–Crippen MR) is 86.0 cm³/mol. The van der Waals surface area contributed by atoms with E-state index in [1.807, 2.05) is 17.5 Å². The number of nitrogens with zero attached hydrogens (tertiary/aromatic N) is 1. The lowest BCUT2D eigenvalue weighted by Crippen LogP contribution is -2.36. The molecule has 116 valence electrons.